The van der Waals surface area contributed by atoms with Crippen LogP contribution in [0.25, 0.3) is 0 Å². The van der Waals surface area contributed by atoms with Crippen molar-refractivity contribution >= 4 is 22.5 Å². The Morgan fingerprint density at radius 2 is 2.08 bits per heavy atom. The summed E-state index contributed by atoms with van der Waals surface area (Å²) in [5, 5.41) is 4.63. The van der Waals surface area contributed by atoms with Crippen LogP contribution in [0.5, 0.6) is 0 Å². The Bertz CT molecular complexity index is 270. The third kappa shape index (κ3) is 3.95. The molecule has 1 aromatic carbocycles. The molecule has 0 fully saturated rings. The minimum atomic E-state index is 0.617. The van der Waals surface area contributed by atoms with Crippen LogP contribution in [0.4, 0.5) is 5.69 Å². The molecule has 0 spiro atoms. The van der Waals surface area contributed by atoms with Crippen LogP contribution < -0.4 is 5.43 Å². The second-order valence-electron chi connectivity index (χ2n) is 2.72. The molecular formula is C10H13ClN2. The standard InChI is InChI=1S/C10H13ClN2/c1-2-6-10(11)13-12-9-7-4-3-5-8-9/h3-5,7-8,12H,2,6H2,1H3/b13-10-. The highest BCUT2D eigenvalue weighted by Gasteiger charge is 1.91. The van der Waals surface area contributed by atoms with Crippen molar-refractivity contribution in [2.45, 2.75) is 19.8 Å². The molecule has 70 valence electrons. The molecule has 0 saturated carbocycles. The molecule has 0 saturated heterocycles. The number of hydrazone groups is 1. The molecule has 0 bridgehead atoms. The van der Waals surface area contributed by atoms with E-state index < -0.39 is 0 Å². The zero-order valence-corrected chi connectivity index (χ0v) is 8.38. The minimum absolute atomic E-state index is 0.617. The van der Waals surface area contributed by atoms with Gasteiger partial charge in [0.05, 0.1) is 5.69 Å². The van der Waals surface area contributed by atoms with Crippen LogP contribution in [0.15, 0.2) is 35.4 Å². The van der Waals surface area contributed by atoms with Gasteiger partial charge in [-0.1, -0.05) is 36.7 Å². The summed E-state index contributed by atoms with van der Waals surface area (Å²) < 4.78 is 0. The number of rotatable bonds is 4. The van der Waals surface area contributed by atoms with Crippen LogP contribution in [-0.2, 0) is 0 Å². The first-order chi connectivity index (χ1) is 6.33. The summed E-state index contributed by atoms with van der Waals surface area (Å²) in [4.78, 5) is 0. The largest absolute Gasteiger partial charge is 0.277 e. The van der Waals surface area contributed by atoms with E-state index in [2.05, 4.69) is 17.5 Å². The Hall–Kier alpha value is -1.02. The first kappa shape index (κ1) is 10.1. The van der Waals surface area contributed by atoms with E-state index in [1.165, 1.54) is 0 Å². The molecule has 0 aliphatic heterocycles. The molecule has 0 aromatic heterocycles. The van der Waals surface area contributed by atoms with Gasteiger partial charge in [0.1, 0.15) is 5.17 Å². The van der Waals surface area contributed by atoms with E-state index in [0.29, 0.717) is 5.17 Å². The fourth-order valence-electron chi connectivity index (χ4n) is 0.900. The summed E-state index contributed by atoms with van der Waals surface area (Å²) in [7, 11) is 0. The normalized spacial score (nSPS) is 11.4. The molecule has 3 heteroatoms. The number of benzene rings is 1. The Morgan fingerprint density at radius 3 is 2.69 bits per heavy atom. The van der Waals surface area contributed by atoms with Crippen LogP contribution >= 0.6 is 11.6 Å². The first-order valence-corrected chi connectivity index (χ1v) is 4.74. The van der Waals surface area contributed by atoms with Crippen LogP contribution in [0, 0.1) is 0 Å². The van der Waals surface area contributed by atoms with Gasteiger partial charge < -0.3 is 0 Å². The smallest absolute Gasteiger partial charge is 0.126 e. The van der Waals surface area contributed by atoms with Crippen LogP contribution in [-0.4, -0.2) is 5.17 Å². The van der Waals surface area contributed by atoms with Crippen molar-refractivity contribution in [2.75, 3.05) is 5.43 Å². The predicted octanol–water partition coefficient (Wildman–Crippen LogP) is 3.45. The molecule has 0 heterocycles. The summed E-state index contributed by atoms with van der Waals surface area (Å²) in [6, 6.07) is 9.75. The number of para-hydroxylation sites is 1. The molecular weight excluding hydrogens is 184 g/mol. The van der Waals surface area contributed by atoms with Gasteiger partial charge >= 0.3 is 0 Å². The van der Waals surface area contributed by atoms with Gasteiger partial charge in [-0.15, -0.1) is 0 Å². The summed E-state index contributed by atoms with van der Waals surface area (Å²) in [5.41, 5.74) is 3.84. The predicted molar refractivity (Wildman–Crippen MR) is 58.3 cm³/mol. The third-order valence-corrected chi connectivity index (χ3v) is 1.81. The second-order valence-corrected chi connectivity index (χ2v) is 3.15. The highest BCUT2D eigenvalue weighted by Crippen LogP contribution is 2.06. The Kier molecular flexibility index (Phi) is 4.33. The lowest BCUT2D eigenvalue weighted by atomic mass is 10.3. The molecule has 13 heavy (non-hydrogen) atoms. The quantitative estimate of drug-likeness (QED) is 0.579. The highest BCUT2D eigenvalue weighted by molar-refractivity contribution is 6.65. The first-order valence-electron chi connectivity index (χ1n) is 4.36. The highest BCUT2D eigenvalue weighted by atomic mass is 35.5. The van der Waals surface area contributed by atoms with Gasteiger partial charge in [0.15, 0.2) is 0 Å². The second kappa shape index (κ2) is 5.60. The van der Waals surface area contributed by atoms with Gasteiger partial charge in [-0.2, -0.15) is 5.10 Å². The van der Waals surface area contributed by atoms with Crippen molar-refractivity contribution < 1.29 is 0 Å². The monoisotopic (exact) mass is 196 g/mol. The van der Waals surface area contributed by atoms with E-state index in [9.17, 15) is 0 Å². The molecule has 0 aliphatic rings. The summed E-state index contributed by atoms with van der Waals surface area (Å²) in [5.74, 6) is 0. The van der Waals surface area contributed by atoms with E-state index in [0.717, 1.165) is 18.5 Å². The van der Waals surface area contributed by atoms with Crippen LogP contribution in [0.2, 0.25) is 0 Å². The van der Waals surface area contributed by atoms with Crippen molar-refractivity contribution in [3.05, 3.63) is 30.3 Å². The maximum atomic E-state index is 5.82. The lowest BCUT2D eigenvalue weighted by Crippen LogP contribution is -1.94. The zero-order valence-electron chi connectivity index (χ0n) is 7.63. The fraction of sp³-hybridized carbons (Fsp3) is 0.300. The molecule has 0 atom stereocenters. The zero-order chi connectivity index (χ0) is 9.52. The van der Waals surface area contributed by atoms with Gasteiger partial charge in [0, 0.05) is 6.42 Å². The number of halogens is 1. The van der Waals surface area contributed by atoms with Gasteiger partial charge in [0.25, 0.3) is 0 Å². The molecule has 2 nitrogen and oxygen atoms in total. The van der Waals surface area contributed by atoms with Crippen molar-refractivity contribution in [2.24, 2.45) is 5.10 Å². The molecule has 0 aliphatic carbocycles. The van der Waals surface area contributed by atoms with E-state index in [1.54, 1.807) is 0 Å². The Morgan fingerprint density at radius 1 is 1.38 bits per heavy atom. The van der Waals surface area contributed by atoms with Crippen molar-refractivity contribution in [3.63, 3.8) is 0 Å². The molecule has 0 radical (unpaired) electrons. The number of nitrogens with one attached hydrogen (secondary N) is 1. The number of hydrogen-bond acceptors (Lipinski definition) is 2. The van der Waals surface area contributed by atoms with Crippen LogP contribution in [0.3, 0.4) is 0 Å². The third-order valence-electron chi connectivity index (χ3n) is 1.54. The Labute approximate surface area is 83.6 Å². The van der Waals surface area contributed by atoms with Gasteiger partial charge in [-0.25, -0.2) is 0 Å². The number of hydrogen-bond donors (Lipinski definition) is 1. The van der Waals surface area contributed by atoms with Crippen molar-refractivity contribution in [3.8, 4) is 0 Å². The van der Waals surface area contributed by atoms with E-state index >= 15 is 0 Å². The molecule has 1 rings (SSSR count). The van der Waals surface area contributed by atoms with Crippen LogP contribution in [0.1, 0.15) is 19.8 Å². The number of nitrogens with zero attached hydrogens (tertiary/aromatic N) is 1. The SMILES string of the molecule is CCC/C(Cl)=N/Nc1ccccc1. The molecule has 1 N–H and O–H groups in total. The molecule has 0 unspecified atom stereocenters. The lowest BCUT2D eigenvalue weighted by Gasteiger charge is -1.99. The number of anilines is 1. The van der Waals surface area contributed by atoms with Gasteiger partial charge in [0.2, 0.25) is 0 Å². The van der Waals surface area contributed by atoms with Gasteiger partial charge in [-0.05, 0) is 18.6 Å². The molecule has 1 aromatic rings. The van der Waals surface area contributed by atoms with E-state index in [1.807, 2.05) is 30.3 Å². The maximum Gasteiger partial charge on any atom is 0.126 e. The lowest BCUT2D eigenvalue weighted by molar-refractivity contribution is 0.999. The fourth-order valence-corrected chi connectivity index (χ4v) is 1.13. The molecule has 0 amide bonds. The summed E-state index contributed by atoms with van der Waals surface area (Å²) >= 11 is 5.82. The van der Waals surface area contributed by atoms with E-state index in [-0.39, 0.29) is 0 Å². The topological polar surface area (TPSA) is 24.4 Å². The summed E-state index contributed by atoms with van der Waals surface area (Å²) in [6.07, 6.45) is 1.83. The summed E-state index contributed by atoms with van der Waals surface area (Å²) in [6.45, 7) is 2.07. The van der Waals surface area contributed by atoms with Gasteiger partial charge in [-0.3, -0.25) is 5.43 Å². The average molecular weight is 197 g/mol. The Balaban J connectivity index is 2.47. The van der Waals surface area contributed by atoms with Crippen molar-refractivity contribution in [1.82, 2.24) is 0 Å². The maximum absolute atomic E-state index is 5.82. The minimum Gasteiger partial charge on any atom is -0.277 e. The van der Waals surface area contributed by atoms with E-state index in [4.69, 9.17) is 11.6 Å². The average Bonchev–Trinajstić information content (AvgIpc) is 2.17. The van der Waals surface area contributed by atoms with Crippen molar-refractivity contribution in [1.29, 1.82) is 0 Å².